The Morgan fingerprint density at radius 3 is 2.40 bits per heavy atom. The summed E-state index contributed by atoms with van der Waals surface area (Å²) in [6.45, 7) is 6.39. The summed E-state index contributed by atoms with van der Waals surface area (Å²) in [5.74, 6) is 0. The van der Waals surface area contributed by atoms with Gasteiger partial charge in [0.2, 0.25) is 0 Å². The lowest BCUT2D eigenvalue weighted by molar-refractivity contribution is 0.655. The Kier molecular flexibility index (Phi) is 5.32. The first-order chi connectivity index (χ1) is 4.76. The van der Waals surface area contributed by atoms with E-state index in [2.05, 4.69) is 26.8 Å². The van der Waals surface area contributed by atoms with Crippen molar-refractivity contribution in [1.82, 2.24) is 0 Å². The second-order valence-electron chi connectivity index (χ2n) is 2.61. The molecule has 0 saturated carbocycles. The summed E-state index contributed by atoms with van der Waals surface area (Å²) in [5, 5.41) is 0. The van der Waals surface area contributed by atoms with Crippen LogP contribution < -0.4 is 5.73 Å². The fourth-order valence-electron chi connectivity index (χ4n) is 1.18. The zero-order chi connectivity index (χ0) is 7.98. The molecular weight excluding hydrogens is 122 g/mol. The molecule has 0 saturated heterocycles. The average molecular weight is 141 g/mol. The third kappa shape index (κ3) is 3.02. The summed E-state index contributed by atoms with van der Waals surface area (Å²) in [6, 6.07) is 0.306. The second kappa shape index (κ2) is 5.48. The molecule has 0 amide bonds. The fourth-order valence-corrected chi connectivity index (χ4v) is 1.18. The number of rotatable bonds is 4. The zero-order valence-electron chi connectivity index (χ0n) is 7.35. The van der Waals surface area contributed by atoms with Gasteiger partial charge >= 0.3 is 0 Å². The van der Waals surface area contributed by atoms with Gasteiger partial charge in [-0.05, 0) is 19.8 Å². The molecule has 10 heavy (non-hydrogen) atoms. The molecule has 0 aliphatic rings. The molecule has 0 bridgehead atoms. The van der Waals surface area contributed by atoms with Crippen molar-refractivity contribution >= 4 is 0 Å². The van der Waals surface area contributed by atoms with E-state index < -0.39 is 0 Å². The molecule has 1 atom stereocenters. The van der Waals surface area contributed by atoms with Gasteiger partial charge in [-0.3, -0.25) is 0 Å². The molecule has 1 nitrogen and oxygen atoms in total. The van der Waals surface area contributed by atoms with Crippen molar-refractivity contribution in [2.24, 2.45) is 5.73 Å². The van der Waals surface area contributed by atoms with Gasteiger partial charge in [-0.2, -0.15) is 0 Å². The van der Waals surface area contributed by atoms with Crippen LogP contribution in [0.3, 0.4) is 0 Å². The molecule has 0 radical (unpaired) electrons. The quantitative estimate of drug-likeness (QED) is 0.598. The molecule has 0 aromatic rings. The minimum Gasteiger partial charge on any atom is -0.324 e. The zero-order valence-corrected chi connectivity index (χ0v) is 7.35. The first-order valence-corrected chi connectivity index (χ1v) is 4.16. The monoisotopic (exact) mass is 141 g/mol. The van der Waals surface area contributed by atoms with E-state index >= 15 is 0 Å². The molecule has 0 spiro atoms. The van der Waals surface area contributed by atoms with Crippen molar-refractivity contribution in [1.29, 1.82) is 0 Å². The minimum absolute atomic E-state index is 0.306. The predicted molar refractivity (Wildman–Crippen MR) is 46.9 cm³/mol. The van der Waals surface area contributed by atoms with Gasteiger partial charge in [-0.1, -0.05) is 31.9 Å². The van der Waals surface area contributed by atoms with Crippen molar-refractivity contribution < 1.29 is 0 Å². The maximum absolute atomic E-state index is 5.88. The first kappa shape index (κ1) is 9.70. The molecule has 0 heterocycles. The van der Waals surface area contributed by atoms with Crippen LogP contribution in [0.5, 0.6) is 0 Å². The summed E-state index contributed by atoms with van der Waals surface area (Å²) in [6.07, 6.45) is 5.53. The van der Waals surface area contributed by atoms with Crippen LogP contribution in [0.1, 0.15) is 40.0 Å². The maximum Gasteiger partial charge on any atom is 0.0253 e. The molecule has 0 aliphatic heterocycles. The van der Waals surface area contributed by atoms with Gasteiger partial charge < -0.3 is 5.73 Å². The van der Waals surface area contributed by atoms with Crippen LogP contribution >= 0.6 is 0 Å². The van der Waals surface area contributed by atoms with E-state index in [0.29, 0.717) is 6.04 Å². The Bertz CT molecular complexity index is 105. The van der Waals surface area contributed by atoms with E-state index in [1.807, 2.05) is 0 Å². The van der Waals surface area contributed by atoms with E-state index in [0.717, 1.165) is 12.8 Å². The van der Waals surface area contributed by atoms with E-state index in [1.54, 1.807) is 0 Å². The molecule has 0 aromatic heterocycles. The average Bonchev–Trinajstić information content (AvgIpc) is 1.91. The first-order valence-electron chi connectivity index (χ1n) is 4.16. The summed E-state index contributed by atoms with van der Waals surface area (Å²) in [7, 11) is 0. The van der Waals surface area contributed by atoms with Gasteiger partial charge in [-0.25, -0.2) is 0 Å². The third-order valence-corrected chi connectivity index (χ3v) is 1.85. The fraction of sp³-hybridized carbons (Fsp3) is 0.778. The molecule has 0 aliphatic carbocycles. The van der Waals surface area contributed by atoms with E-state index in [4.69, 9.17) is 5.73 Å². The minimum atomic E-state index is 0.306. The smallest absolute Gasteiger partial charge is 0.0253 e. The van der Waals surface area contributed by atoms with Crippen LogP contribution in [0.15, 0.2) is 11.6 Å². The molecule has 1 unspecified atom stereocenters. The molecule has 0 fully saturated rings. The van der Waals surface area contributed by atoms with Gasteiger partial charge in [0.25, 0.3) is 0 Å². The highest BCUT2D eigenvalue weighted by atomic mass is 14.6. The SMILES string of the molecule is C/C=C(/CC)C(N)CCC. The Morgan fingerprint density at radius 2 is 2.10 bits per heavy atom. The van der Waals surface area contributed by atoms with E-state index in [1.165, 1.54) is 12.0 Å². The highest BCUT2D eigenvalue weighted by molar-refractivity contribution is 5.07. The largest absolute Gasteiger partial charge is 0.324 e. The standard InChI is InChI=1S/C9H19N/c1-4-7-9(10)8(5-2)6-3/h5,9H,4,6-7,10H2,1-3H3/b8-5-. The maximum atomic E-state index is 5.88. The van der Waals surface area contributed by atoms with Crippen LogP contribution in [0.4, 0.5) is 0 Å². The van der Waals surface area contributed by atoms with Crippen molar-refractivity contribution in [2.75, 3.05) is 0 Å². The van der Waals surface area contributed by atoms with Crippen molar-refractivity contribution in [2.45, 2.75) is 46.1 Å². The molecule has 60 valence electrons. The van der Waals surface area contributed by atoms with Crippen molar-refractivity contribution in [3.8, 4) is 0 Å². The van der Waals surface area contributed by atoms with Gasteiger partial charge in [0.15, 0.2) is 0 Å². The van der Waals surface area contributed by atoms with Crippen LogP contribution in [0.2, 0.25) is 0 Å². The molecular formula is C9H19N. The normalized spacial score (nSPS) is 15.4. The van der Waals surface area contributed by atoms with Crippen LogP contribution in [0, 0.1) is 0 Å². The summed E-state index contributed by atoms with van der Waals surface area (Å²) >= 11 is 0. The summed E-state index contributed by atoms with van der Waals surface area (Å²) < 4.78 is 0. The number of hydrogen-bond donors (Lipinski definition) is 1. The molecule has 0 rings (SSSR count). The molecule has 1 heteroatoms. The second-order valence-corrected chi connectivity index (χ2v) is 2.61. The lowest BCUT2D eigenvalue weighted by atomic mass is 10.0. The lowest BCUT2D eigenvalue weighted by Gasteiger charge is -2.12. The van der Waals surface area contributed by atoms with E-state index in [-0.39, 0.29) is 0 Å². The number of nitrogens with two attached hydrogens (primary N) is 1. The molecule has 2 N–H and O–H groups in total. The third-order valence-electron chi connectivity index (χ3n) is 1.85. The van der Waals surface area contributed by atoms with Gasteiger partial charge in [-0.15, -0.1) is 0 Å². The number of hydrogen-bond acceptors (Lipinski definition) is 1. The van der Waals surface area contributed by atoms with Crippen molar-refractivity contribution in [3.63, 3.8) is 0 Å². The Morgan fingerprint density at radius 1 is 1.50 bits per heavy atom. The van der Waals surface area contributed by atoms with E-state index in [9.17, 15) is 0 Å². The molecule has 0 aromatic carbocycles. The Labute approximate surface area is 64.3 Å². The number of allylic oxidation sites excluding steroid dienone is 1. The highest BCUT2D eigenvalue weighted by Gasteiger charge is 2.03. The van der Waals surface area contributed by atoms with Gasteiger partial charge in [0.1, 0.15) is 0 Å². The Balaban J connectivity index is 3.77. The van der Waals surface area contributed by atoms with Crippen LogP contribution in [0.25, 0.3) is 0 Å². The predicted octanol–water partition coefficient (Wildman–Crippen LogP) is 2.47. The van der Waals surface area contributed by atoms with Gasteiger partial charge in [0, 0.05) is 6.04 Å². The van der Waals surface area contributed by atoms with Crippen LogP contribution in [-0.4, -0.2) is 6.04 Å². The lowest BCUT2D eigenvalue weighted by Crippen LogP contribution is -2.21. The summed E-state index contributed by atoms with van der Waals surface area (Å²) in [5.41, 5.74) is 7.27. The van der Waals surface area contributed by atoms with Crippen LogP contribution in [-0.2, 0) is 0 Å². The van der Waals surface area contributed by atoms with Gasteiger partial charge in [0.05, 0.1) is 0 Å². The highest BCUT2D eigenvalue weighted by Crippen LogP contribution is 2.09. The Hall–Kier alpha value is -0.300. The van der Waals surface area contributed by atoms with Crippen molar-refractivity contribution in [3.05, 3.63) is 11.6 Å². The topological polar surface area (TPSA) is 26.0 Å². The summed E-state index contributed by atoms with van der Waals surface area (Å²) in [4.78, 5) is 0.